The third kappa shape index (κ3) is 3.17. The molecule has 0 radical (unpaired) electrons. The zero-order valence-electron chi connectivity index (χ0n) is 15.5. The van der Waals surface area contributed by atoms with Crippen LogP contribution in [0.3, 0.4) is 0 Å². The maximum absolute atomic E-state index is 12.8. The van der Waals surface area contributed by atoms with E-state index in [2.05, 4.69) is 26.3 Å². The van der Waals surface area contributed by atoms with Crippen LogP contribution in [0.25, 0.3) is 0 Å². The average Bonchev–Trinajstić information content (AvgIpc) is 3.31. The lowest BCUT2D eigenvalue weighted by molar-refractivity contribution is -0.122. The van der Waals surface area contributed by atoms with Crippen LogP contribution in [0.1, 0.15) is 21.5 Å². The fourth-order valence-corrected chi connectivity index (χ4v) is 3.81. The summed E-state index contributed by atoms with van der Waals surface area (Å²) in [6.07, 6.45) is 3.98. The van der Waals surface area contributed by atoms with E-state index < -0.39 is 0 Å². The van der Waals surface area contributed by atoms with Gasteiger partial charge in [0.25, 0.3) is 5.91 Å². The van der Waals surface area contributed by atoms with E-state index >= 15 is 0 Å². The van der Waals surface area contributed by atoms with E-state index in [9.17, 15) is 9.59 Å². The lowest BCUT2D eigenvalue weighted by Crippen LogP contribution is -2.36. The number of hydrogen-bond donors (Lipinski definition) is 1. The molecule has 4 rings (SSSR count). The first-order valence-electron chi connectivity index (χ1n) is 8.71. The van der Waals surface area contributed by atoms with Gasteiger partial charge in [-0.1, -0.05) is 0 Å². The highest BCUT2D eigenvalue weighted by Gasteiger charge is 2.36. The van der Waals surface area contributed by atoms with Gasteiger partial charge in [0.05, 0.1) is 23.3 Å². The van der Waals surface area contributed by atoms with Gasteiger partial charge in [-0.3, -0.25) is 14.3 Å². The summed E-state index contributed by atoms with van der Waals surface area (Å²) in [5.41, 5.74) is 2.05. The van der Waals surface area contributed by atoms with Crippen molar-refractivity contribution in [2.24, 2.45) is 0 Å². The Hall–Kier alpha value is -2.75. The summed E-state index contributed by atoms with van der Waals surface area (Å²) in [6.45, 7) is 0.930. The zero-order valence-corrected chi connectivity index (χ0v) is 17.0. The minimum Gasteiger partial charge on any atom is -0.492 e. The molecule has 0 unspecified atom stereocenters. The first kappa shape index (κ1) is 18.6. The number of nitrogens with one attached hydrogen (secondary N) is 1. The van der Waals surface area contributed by atoms with Crippen LogP contribution < -0.4 is 19.5 Å². The van der Waals surface area contributed by atoms with Crippen molar-refractivity contribution in [1.82, 2.24) is 20.0 Å². The molecule has 0 bridgehead atoms. The molecule has 10 heteroatoms. The van der Waals surface area contributed by atoms with E-state index in [0.717, 1.165) is 15.6 Å². The number of hydrogen-bond acceptors (Lipinski definition) is 6. The Morgan fingerprint density at radius 2 is 2.18 bits per heavy atom. The van der Waals surface area contributed by atoms with Crippen LogP contribution >= 0.6 is 15.9 Å². The van der Waals surface area contributed by atoms with Gasteiger partial charge >= 0.3 is 0 Å². The molecule has 1 aromatic heterocycles. The molecule has 9 nitrogen and oxygen atoms in total. The van der Waals surface area contributed by atoms with Crippen LogP contribution in [-0.2, 0) is 24.3 Å². The fraction of sp³-hybridized carbons (Fsp3) is 0.389. The molecule has 0 spiro atoms. The first-order chi connectivity index (χ1) is 13.5. The maximum Gasteiger partial charge on any atom is 0.257 e. The third-order valence-electron chi connectivity index (χ3n) is 4.82. The Kier molecular flexibility index (Phi) is 4.88. The van der Waals surface area contributed by atoms with Gasteiger partial charge in [0.1, 0.15) is 6.54 Å². The molecule has 2 aliphatic rings. The molecule has 2 amide bonds. The van der Waals surface area contributed by atoms with Crippen molar-refractivity contribution in [3.63, 3.8) is 0 Å². The Bertz CT molecular complexity index is 958. The van der Waals surface area contributed by atoms with Crippen molar-refractivity contribution in [2.75, 3.05) is 27.5 Å². The lowest BCUT2D eigenvalue weighted by atomic mass is 9.91. The quantitative estimate of drug-likeness (QED) is 0.737. The number of halogens is 1. The SMILES string of the molecule is COc1c2c(c(CNC(=O)Cn3cc(Br)cn3)c3c1C(=O)N(C)CC3)OCO2. The zero-order chi connectivity index (χ0) is 19.8. The van der Waals surface area contributed by atoms with E-state index in [-0.39, 0.29) is 31.7 Å². The van der Waals surface area contributed by atoms with Gasteiger partial charge in [0.15, 0.2) is 11.5 Å². The number of nitrogens with zero attached hydrogens (tertiary/aromatic N) is 3. The summed E-state index contributed by atoms with van der Waals surface area (Å²) in [6, 6.07) is 0. The summed E-state index contributed by atoms with van der Waals surface area (Å²) >= 11 is 3.30. The predicted molar refractivity (Wildman–Crippen MR) is 102 cm³/mol. The topological polar surface area (TPSA) is 94.9 Å². The molecule has 148 valence electrons. The molecule has 28 heavy (non-hydrogen) atoms. The highest BCUT2D eigenvalue weighted by Crippen LogP contribution is 2.49. The molecule has 3 heterocycles. The molecule has 2 aliphatic heterocycles. The average molecular weight is 451 g/mol. The van der Waals surface area contributed by atoms with Gasteiger partial charge in [0, 0.05) is 31.9 Å². The highest BCUT2D eigenvalue weighted by atomic mass is 79.9. The second-order valence-electron chi connectivity index (χ2n) is 6.54. The van der Waals surface area contributed by atoms with Crippen LogP contribution in [0.2, 0.25) is 0 Å². The van der Waals surface area contributed by atoms with Gasteiger partial charge in [-0.25, -0.2) is 0 Å². The number of benzene rings is 1. The Balaban J connectivity index is 1.64. The minimum atomic E-state index is -0.202. The van der Waals surface area contributed by atoms with Crippen molar-refractivity contribution in [3.8, 4) is 17.2 Å². The number of carbonyl (C=O) groups is 2. The lowest BCUT2D eigenvalue weighted by Gasteiger charge is -2.29. The summed E-state index contributed by atoms with van der Waals surface area (Å²) in [7, 11) is 3.25. The second kappa shape index (κ2) is 7.34. The predicted octanol–water partition coefficient (Wildman–Crippen LogP) is 1.33. The first-order valence-corrected chi connectivity index (χ1v) is 9.50. The number of aromatic nitrogens is 2. The third-order valence-corrected chi connectivity index (χ3v) is 5.23. The molecule has 1 aromatic carbocycles. The smallest absolute Gasteiger partial charge is 0.257 e. The number of ether oxygens (including phenoxy) is 3. The number of fused-ring (bicyclic) bond motifs is 2. The summed E-state index contributed by atoms with van der Waals surface area (Å²) < 4.78 is 19.0. The Morgan fingerprint density at radius 3 is 2.89 bits per heavy atom. The molecule has 0 saturated heterocycles. The van der Waals surface area contributed by atoms with E-state index in [4.69, 9.17) is 14.2 Å². The molecule has 0 aliphatic carbocycles. The van der Waals surface area contributed by atoms with Crippen molar-refractivity contribution in [1.29, 1.82) is 0 Å². The standard InChI is InChI=1S/C18H19BrN4O5/c1-22-4-3-11-12(6-20-13(24)8-23-7-10(19)5-21-23)15-17(28-9-27-15)16(26-2)14(11)18(22)25/h5,7H,3-4,6,8-9H2,1-2H3,(H,20,24). The van der Waals surface area contributed by atoms with Crippen LogP contribution in [0.15, 0.2) is 16.9 Å². The van der Waals surface area contributed by atoms with Crippen LogP contribution in [0.5, 0.6) is 17.2 Å². The molecule has 0 atom stereocenters. The Morgan fingerprint density at radius 1 is 1.39 bits per heavy atom. The number of amides is 2. The highest BCUT2D eigenvalue weighted by molar-refractivity contribution is 9.10. The van der Waals surface area contributed by atoms with Gasteiger partial charge in [-0.05, 0) is 27.9 Å². The van der Waals surface area contributed by atoms with Gasteiger partial charge in [-0.2, -0.15) is 5.10 Å². The van der Waals surface area contributed by atoms with E-state index in [0.29, 0.717) is 35.8 Å². The number of carbonyl (C=O) groups excluding carboxylic acids is 2. The molecular weight excluding hydrogens is 432 g/mol. The van der Waals surface area contributed by atoms with Crippen LogP contribution in [0.4, 0.5) is 0 Å². The van der Waals surface area contributed by atoms with Crippen LogP contribution in [0, 0.1) is 0 Å². The summed E-state index contributed by atoms with van der Waals surface area (Å²) in [4.78, 5) is 26.8. The molecule has 0 saturated carbocycles. The molecule has 2 aromatic rings. The molecular formula is C18H19BrN4O5. The van der Waals surface area contributed by atoms with Crippen LogP contribution in [-0.4, -0.2) is 54.0 Å². The van der Waals surface area contributed by atoms with Gasteiger partial charge < -0.3 is 24.4 Å². The van der Waals surface area contributed by atoms with Gasteiger partial charge in [-0.15, -0.1) is 0 Å². The van der Waals surface area contributed by atoms with Crippen molar-refractivity contribution in [3.05, 3.63) is 33.6 Å². The number of methoxy groups -OCH3 is 1. The largest absolute Gasteiger partial charge is 0.492 e. The minimum absolute atomic E-state index is 0.0425. The summed E-state index contributed by atoms with van der Waals surface area (Å²) in [5.74, 6) is 0.980. The monoisotopic (exact) mass is 450 g/mol. The summed E-state index contributed by atoms with van der Waals surface area (Å²) in [5, 5.41) is 6.96. The Labute approximate surface area is 169 Å². The van der Waals surface area contributed by atoms with E-state index in [1.54, 1.807) is 24.3 Å². The van der Waals surface area contributed by atoms with Crippen molar-refractivity contribution in [2.45, 2.75) is 19.5 Å². The maximum atomic E-state index is 12.8. The fourth-order valence-electron chi connectivity index (χ4n) is 3.48. The van der Waals surface area contributed by atoms with E-state index in [1.165, 1.54) is 11.8 Å². The number of likely N-dealkylation sites (N-methyl/N-ethyl adjacent to an activating group) is 1. The van der Waals surface area contributed by atoms with Gasteiger partial charge in [0.2, 0.25) is 18.4 Å². The molecule has 1 N–H and O–H groups in total. The number of rotatable bonds is 5. The second-order valence-corrected chi connectivity index (χ2v) is 7.46. The van der Waals surface area contributed by atoms with Crippen molar-refractivity contribution < 1.29 is 23.8 Å². The normalized spacial score (nSPS) is 14.8. The van der Waals surface area contributed by atoms with Crippen molar-refractivity contribution >= 4 is 27.7 Å². The van der Waals surface area contributed by atoms with E-state index in [1.807, 2.05) is 0 Å². The molecule has 0 fully saturated rings.